The zero-order valence-electron chi connectivity index (χ0n) is 12.0. The number of carbonyl (C=O) groups is 1. The van der Waals surface area contributed by atoms with Crippen LogP contribution in [0, 0.1) is 0 Å². The van der Waals surface area contributed by atoms with Crippen LogP contribution in [0.25, 0.3) is 21.2 Å². The molecule has 0 saturated heterocycles. The molecule has 2 nitrogen and oxygen atoms in total. The predicted molar refractivity (Wildman–Crippen MR) is 83.6 cm³/mol. The summed E-state index contributed by atoms with van der Waals surface area (Å²) in [7, 11) is 1.31. The third kappa shape index (κ3) is 2.94. The normalized spacial score (nSPS) is 11.7. The minimum atomic E-state index is -4.36. The molecule has 0 saturated carbocycles. The van der Waals surface area contributed by atoms with Crippen LogP contribution in [-0.2, 0) is 10.9 Å². The number of thiophene rings is 1. The summed E-state index contributed by atoms with van der Waals surface area (Å²) >= 11 is 1.26. The molecular formula is C17H11F3O2S. The number of hydrogen-bond donors (Lipinski definition) is 0. The lowest BCUT2D eigenvalue weighted by molar-refractivity contribution is -0.137. The van der Waals surface area contributed by atoms with Crippen LogP contribution in [0.2, 0.25) is 0 Å². The van der Waals surface area contributed by atoms with Crippen LogP contribution in [0.15, 0.2) is 48.5 Å². The Labute approximate surface area is 134 Å². The molecule has 3 aromatic rings. The van der Waals surface area contributed by atoms with E-state index in [4.69, 9.17) is 4.74 Å². The van der Waals surface area contributed by atoms with Gasteiger partial charge in [-0.05, 0) is 34.7 Å². The molecule has 0 spiro atoms. The predicted octanol–water partition coefficient (Wildman–Crippen LogP) is 5.37. The second-order valence-electron chi connectivity index (χ2n) is 4.90. The van der Waals surface area contributed by atoms with Gasteiger partial charge in [0, 0.05) is 4.70 Å². The van der Waals surface area contributed by atoms with E-state index >= 15 is 0 Å². The quantitative estimate of drug-likeness (QED) is 0.588. The van der Waals surface area contributed by atoms with E-state index in [1.807, 2.05) is 18.2 Å². The molecule has 0 radical (unpaired) electrons. The molecule has 118 valence electrons. The highest BCUT2D eigenvalue weighted by Crippen LogP contribution is 2.36. The first-order chi connectivity index (χ1) is 10.9. The Morgan fingerprint density at radius 1 is 1.09 bits per heavy atom. The van der Waals surface area contributed by atoms with Gasteiger partial charge in [-0.1, -0.05) is 30.3 Å². The number of rotatable bonds is 2. The Morgan fingerprint density at radius 3 is 2.39 bits per heavy atom. The summed E-state index contributed by atoms with van der Waals surface area (Å²) in [5, 5.41) is 0.854. The van der Waals surface area contributed by atoms with Crippen molar-refractivity contribution in [2.45, 2.75) is 6.18 Å². The molecule has 1 heterocycles. The first kappa shape index (κ1) is 15.6. The second kappa shape index (κ2) is 5.70. The van der Waals surface area contributed by atoms with Gasteiger partial charge in [0.25, 0.3) is 0 Å². The van der Waals surface area contributed by atoms with Gasteiger partial charge in [0.2, 0.25) is 0 Å². The SMILES string of the molecule is COC(=O)c1cc2cccc(-c3ccc(C(F)(F)F)cc3)c2s1. The van der Waals surface area contributed by atoms with Crippen LogP contribution in [-0.4, -0.2) is 13.1 Å². The fourth-order valence-electron chi connectivity index (χ4n) is 2.33. The Bertz CT molecular complexity index is 864. The molecule has 0 amide bonds. The lowest BCUT2D eigenvalue weighted by atomic mass is 10.0. The molecule has 0 fully saturated rings. The maximum absolute atomic E-state index is 12.7. The highest BCUT2D eigenvalue weighted by atomic mass is 32.1. The summed E-state index contributed by atoms with van der Waals surface area (Å²) in [6.07, 6.45) is -4.36. The molecule has 0 atom stereocenters. The number of benzene rings is 2. The Morgan fingerprint density at radius 2 is 1.78 bits per heavy atom. The van der Waals surface area contributed by atoms with Gasteiger partial charge in [-0.15, -0.1) is 11.3 Å². The molecule has 0 bridgehead atoms. The molecule has 0 aliphatic carbocycles. The van der Waals surface area contributed by atoms with E-state index in [2.05, 4.69) is 0 Å². The minimum absolute atomic E-state index is 0.426. The fraction of sp³-hybridized carbons (Fsp3) is 0.118. The lowest BCUT2D eigenvalue weighted by Gasteiger charge is -2.08. The van der Waals surface area contributed by atoms with E-state index in [1.54, 1.807) is 6.07 Å². The number of ether oxygens (including phenoxy) is 1. The first-order valence-corrected chi connectivity index (χ1v) is 7.50. The molecule has 0 aliphatic heterocycles. The van der Waals surface area contributed by atoms with Crippen molar-refractivity contribution in [3.63, 3.8) is 0 Å². The molecule has 3 rings (SSSR count). The van der Waals surface area contributed by atoms with Gasteiger partial charge in [-0.25, -0.2) is 4.79 Å². The lowest BCUT2D eigenvalue weighted by Crippen LogP contribution is -2.03. The van der Waals surface area contributed by atoms with Crippen LogP contribution in [0.5, 0.6) is 0 Å². The number of carbonyl (C=O) groups excluding carboxylic acids is 1. The fourth-order valence-corrected chi connectivity index (χ4v) is 3.44. The average molecular weight is 336 g/mol. The molecule has 1 aromatic heterocycles. The van der Waals surface area contributed by atoms with E-state index in [0.717, 1.165) is 27.8 Å². The van der Waals surface area contributed by atoms with Crippen molar-refractivity contribution < 1.29 is 22.7 Å². The summed E-state index contributed by atoms with van der Waals surface area (Å²) in [5.41, 5.74) is 0.771. The van der Waals surface area contributed by atoms with Crippen LogP contribution >= 0.6 is 11.3 Å². The van der Waals surface area contributed by atoms with E-state index in [9.17, 15) is 18.0 Å². The third-order valence-corrected chi connectivity index (χ3v) is 4.62. The van der Waals surface area contributed by atoms with Crippen LogP contribution < -0.4 is 0 Å². The second-order valence-corrected chi connectivity index (χ2v) is 5.95. The van der Waals surface area contributed by atoms with Crippen LogP contribution in [0.4, 0.5) is 13.2 Å². The standard InChI is InChI=1S/C17H11F3O2S/c1-22-16(21)14-9-11-3-2-4-13(15(11)23-14)10-5-7-12(8-6-10)17(18,19)20/h2-9H,1H3. The van der Waals surface area contributed by atoms with Crippen molar-refractivity contribution in [2.75, 3.05) is 7.11 Å². The van der Waals surface area contributed by atoms with Gasteiger partial charge in [0.15, 0.2) is 0 Å². The van der Waals surface area contributed by atoms with E-state index in [-0.39, 0.29) is 0 Å². The van der Waals surface area contributed by atoms with Crippen molar-refractivity contribution in [1.29, 1.82) is 0 Å². The van der Waals surface area contributed by atoms with Crippen molar-refractivity contribution in [2.24, 2.45) is 0 Å². The first-order valence-electron chi connectivity index (χ1n) is 6.68. The maximum atomic E-state index is 12.7. The number of methoxy groups -OCH3 is 1. The van der Waals surface area contributed by atoms with Crippen molar-refractivity contribution in [3.8, 4) is 11.1 Å². The van der Waals surface area contributed by atoms with E-state index in [1.165, 1.54) is 30.6 Å². The number of alkyl halides is 3. The van der Waals surface area contributed by atoms with E-state index < -0.39 is 17.7 Å². The van der Waals surface area contributed by atoms with Gasteiger partial charge in [-0.3, -0.25) is 0 Å². The summed E-state index contributed by atoms with van der Waals surface area (Å²) in [4.78, 5) is 12.1. The van der Waals surface area contributed by atoms with Crippen molar-refractivity contribution in [1.82, 2.24) is 0 Å². The molecule has 0 N–H and O–H groups in total. The van der Waals surface area contributed by atoms with Crippen LogP contribution in [0.1, 0.15) is 15.2 Å². The summed E-state index contributed by atoms with van der Waals surface area (Å²) in [6.45, 7) is 0. The molecule has 6 heteroatoms. The Hall–Kier alpha value is -2.34. The minimum Gasteiger partial charge on any atom is -0.465 e. The van der Waals surface area contributed by atoms with Gasteiger partial charge in [-0.2, -0.15) is 13.2 Å². The zero-order chi connectivity index (χ0) is 16.6. The van der Waals surface area contributed by atoms with Gasteiger partial charge in [0.1, 0.15) is 4.88 Å². The van der Waals surface area contributed by atoms with E-state index in [0.29, 0.717) is 10.4 Å². The monoisotopic (exact) mass is 336 g/mol. The smallest absolute Gasteiger partial charge is 0.416 e. The van der Waals surface area contributed by atoms with Gasteiger partial charge in [0.05, 0.1) is 12.7 Å². The van der Waals surface area contributed by atoms with Gasteiger partial charge >= 0.3 is 12.1 Å². The number of halogens is 3. The largest absolute Gasteiger partial charge is 0.465 e. The zero-order valence-corrected chi connectivity index (χ0v) is 12.8. The highest BCUT2D eigenvalue weighted by molar-refractivity contribution is 7.21. The Kier molecular flexibility index (Phi) is 3.85. The molecular weight excluding hydrogens is 325 g/mol. The summed E-state index contributed by atoms with van der Waals surface area (Å²) < 4.78 is 43.5. The molecule has 23 heavy (non-hydrogen) atoms. The topological polar surface area (TPSA) is 26.3 Å². The maximum Gasteiger partial charge on any atom is 0.416 e. The molecule has 0 aliphatic rings. The summed E-state index contributed by atoms with van der Waals surface area (Å²) in [6, 6.07) is 12.2. The van der Waals surface area contributed by atoms with Crippen LogP contribution in [0.3, 0.4) is 0 Å². The number of esters is 1. The Balaban J connectivity index is 2.09. The molecule has 2 aromatic carbocycles. The highest BCUT2D eigenvalue weighted by Gasteiger charge is 2.30. The molecule has 0 unspecified atom stereocenters. The average Bonchev–Trinajstić information content (AvgIpc) is 2.97. The van der Waals surface area contributed by atoms with Crippen molar-refractivity contribution in [3.05, 3.63) is 59.0 Å². The third-order valence-electron chi connectivity index (χ3n) is 3.45. The summed E-state index contributed by atoms with van der Waals surface area (Å²) in [5.74, 6) is -0.426. The number of fused-ring (bicyclic) bond motifs is 1. The van der Waals surface area contributed by atoms with Gasteiger partial charge < -0.3 is 4.74 Å². The number of hydrogen-bond acceptors (Lipinski definition) is 3. The van der Waals surface area contributed by atoms with Crippen molar-refractivity contribution >= 4 is 27.4 Å².